The van der Waals surface area contributed by atoms with Gasteiger partial charge in [-0.2, -0.15) is 4.98 Å². The predicted molar refractivity (Wildman–Crippen MR) is 72.0 cm³/mol. The van der Waals surface area contributed by atoms with Crippen molar-refractivity contribution in [1.29, 1.82) is 0 Å². The molecule has 110 valence electrons. The van der Waals surface area contributed by atoms with Crippen LogP contribution >= 0.6 is 0 Å². The summed E-state index contributed by atoms with van der Waals surface area (Å²) in [5.41, 5.74) is -0.115. The SMILES string of the molecule is COc1ccc([N+](=O)[O-])c(NCCCCCC(=O)O)n1. The molecule has 2 N–H and O–H groups in total. The summed E-state index contributed by atoms with van der Waals surface area (Å²) in [6.45, 7) is 0.487. The second-order valence-corrected chi connectivity index (χ2v) is 4.11. The molecule has 1 aromatic rings. The molecule has 8 heteroatoms. The van der Waals surface area contributed by atoms with E-state index in [-0.39, 0.29) is 17.9 Å². The lowest BCUT2D eigenvalue weighted by molar-refractivity contribution is -0.384. The fourth-order valence-electron chi connectivity index (χ4n) is 1.61. The molecule has 1 rings (SSSR count). The molecule has 0 saturated heterocycles. The fraction of sp³-hybridized carbons (Fsp3) is 0.500. The largest absolute Gasteiger partial charge is 0.481 e. The monoisotopic (exact) mass is 283 g/mol. The number of aliphatic carboxylic acids is 1. The van der Waals surface area contributed by atoms with Crippen LogP contribution in [0.3, 0.4) is 0 Å². The quantitative estimate of drug-likeness (QED) is 0.405. The number of nitro groups is 1. The molecule has 0 saturated carbocycles. The molecular weight excluding hydrogens is 266 g/mol. The van der Waals surface area contributed by atoms with Gasteiger partial charge in [0.1, 0.15) is 0 Å². The van der Waals surface area contributed by atoms with Gasteiger partial charge >= 0.3 is 11.7 Å². The van der Waals surface area contributed by atoms with Gasteiger partial charge < -0.3 is 15.2 Å². The van der Waals surface area contributed by atoms with E-state index in [1.807, 2.05) is 0 Å². The van der Waals surface area contributed by atoms with Crippen LogP contribution in [-0.4, -0.2) is 34.6 Å². The van der Waals surface area contributed by atoms with E-state index in [9.17, 15) is 14.9 Å². The Bertz CT molecular complexity index is 478. The second-order valence-electron chi connectivity index (χ2n) is 4.11. The lowest BCUT2D eigenvalue weighted by atomic mass is 10.2. The molecule has 0 aromatic carbocycles. The zero-order valence-corrected chi connectivity index (χ0v) is 11.2. The van der Waals surface area contributed by atoms with E-state index >= 15 is 0 Å². The number of carbonyl (C=O) groups is 1. The number of nitrogens with one attached hydrogen (secondary N) is 1. The van der Waals surface area contributed by atoms with Gasteiger partial charge in [-0.3, -0.25) is 14.9 Å². The Kier molecular flexibility index (Phi) is 6.21. The smallest absolute Gasteiger partial charge is 0.311 e. The van der Waals surface area contributed by atoms with E-state index < -0.39 is 10.9 Å². The highest BCUT2D eigenvalue weighted by atomic mass is 16.6. The van der Waals surface area contributed by atoms with Crippen LogP contribution in [0.1, 0.15) is 25.7 Å². The number of methoxy groups -OCH3 is 1. The molecule has 0 unspecified atom stereocenters. The first-order valence-corrected chi connectivity index (χ1v) is 6.19. The maximum absolute atomic E-state index is 10.9. The zero-order chi connectivity index (χ0) is 15.0. The first-order chi connectivity index (χ1) is 9.54. The van der Waals surface area contributed by atoms with Crippen molar-refractivity contribution in [2.24, 2.45) is 0 Å². The number of ether oxygens (including phenoxy) is 1. The van der Waals surface area contributed by atoms with Crippen molar-refractivity contribution in [1.82, 2.24) is 4.98 Å². The van der Waals surface area contributed by atoms with Crippen molar-refractivity contribution in [2.45, 2.75) is 25.7 Å². The molecule has 0 spiro atoms. The summed E-state index contributed by atoms with van der Waals surface area (Å²) >= 11 is 0. The lowest BCUT2D eigenvalue weighted by Gasteiger charge is -2.07. The number of unbranched alkanes of at least 4 members (excludes halogenated alkanes) is 2. The van der Waals surface area contributed by atoms with Crippen molar-refractivity contribution in [2.75, 3.05) is 19.0 Å². The molecule has 0 aliphatic carbocycles. The van der Waals surface area contributed by atoms with Gasteiger partial charge in [0.25, 0.3) is 0 Å². The van der Waals surface area contributed by atoms with Gasteiger partial charge in [0.05, 0.1) is 12.0 Å². The summed E-state index contributed by atoms with van der Waals surface area (Å²) in [5.74, 6) is -0.361. The number of rotatable bonds is 9. The number of hydrogen-bond acceptors (Lipinski definition) is 6. The van der Waals surface area contributed by atoms with Gasteiger partial charge in [0, 0.05) is 25.1 Å². The van der Waals surface area contributed by atoms with Crippen molar-refractivity contribution < 1.29 is 19.6 Å². The van der Waals surface area contributed by atoms with Crippen LogP contribution in [0.15, 0.2) is 12.1 Å². The van der Waals surface area contributed by atoms with Crippen LogP contribution < -0.4 is 10.1 Å². The summed E-state index contributed by atoms with van der Waals surface area (Å²) in [7, 11) is 1.43. The highest BCUT2D eigenvalue weighted by molar-refractivity contribution is 5.66. The first kappa shape index (κ1) is 15.7. The summed E-state index contributed by atoms with van der Waals surface area (Å²) < 4.78 is 4.92. The Hall–Kier alpha value is -2.38. The van der Waals surface area contributed by atoms with Crippen LogP contribution in [0, 0.1) is 10.1 Å². The summed E-state index contributed by atoms with van der Waals surface area (Å²) in [6.07, 6.45) is 2.17. The van der Waals surface area contributed by atoms with E-state index in [2.05, 4.69) is 10.3 Å². The molecule has 1 aromatic heterocycles. The topological polar surface area (TPSA) is 115 Å². The van der Waals surface area contributed by atoms with Gasteiger partial charge in [0.2, 0.25) is 11.7 Å². The summed E-state index contributed by atoms with van der Waals surface area (Å²) in [4.78, 5) is 24.7. The third kappa shape index (κ3) is 5.09. The Morgan fingerprint density at radius 1 is 1.45 bits per heavy atom. The molecule has 0 bridgehead atoms. The molecule has 0 aliphatic heterocycles. The zero-order valence-electron chi connectivity index (χ0n) is 11.2. The Morgan fingerprint density at radius 2 is 2.20 bits per heavy atom. The van der Waals surface area contributed by atoms with Crippen LogP contribution in [0.5, 0.6) is 5.88 Å². The van der Waals surface area contributed by atoms with Crippen LogP contribution in [-0.2, 0) is 4.79 Å². The summed E-state index contributed by atoms with van der Waals surface area (Å²) in [5, 5.41) is 22.2. The molecule has 0 fully saturated rings. The number of nitrogens with zero attached hydrogens (tertiary/aromatic N) is 2. The van der Waals surface area contributed by atoms with Crippen molar-refractivity contribution in [3.63, 3.8) is 0 Å². The fourth-order valence-corrected chi connectivity index (χ4v) is 1.61. The first-order valence-electron chi connectivity index (χ1n) is 6.19. The maximum atomic E-state index is 10.9. The highest BCUT2D eigenvalue weighted by Gasteiger charge is 2.15. The molecule has 0 aliphatic rings. The van der Waals surface area contributed by atoms with Crippen molar-refractivity contribution in [3.8, 4) is 5.88 Å². The van der Waals surface area contributed by atoms with Crippen LogP contribution in [0.2, 0.25) is 0 Å². The Morgan fingerprint density at radius 3 is 2.80 bits per heavy atom. The third-order valence-electron chi connectivity index (χ3n) is 2.61. The number of hydrogen-bond donors (Lipinski definition) is 2. The minimum atomic E-state index is -0.817. The second kappa shape index (κ2) is 7.93. The van der Waals surface area contributed by atoms with E-state index in [1.54, 1.807) is 0 Å². The molecule has 0 amide bonds. The number of pyridine rings is 1. The number of aromatic nitrogens is 1. The average molecular weight is 283 g/mol. The normalized spacial score (nSPS) is 10.1. The molecule has 20 heavy (non-hydrogen) atoms. The minimum absolute atomic E-state index is 0.115. The van der Waals surface area contributed by atoms with Gasteiger partial charge in [-0.25, -0.2) is 0 Å². The third-order valence-corrected chi connectivity index (χ3v) is 2.61. The number of carboxylic acids is 1. The summed E-state index contributed by atoms with van der Waals surface area (Å²) in [6, 6.07) is 2.76. The number of anilines is 1. The lowest BCUT2D eigenvalue weighted by Crippen LogP contribution is -2.07. The van der Waals surface area contributed by atoms with Crippen LogP contribution in [0.25, 0.3) is 0 Å². The molecule has 0 radical (unpaired) electrons. The highest BCUT2D eigenvalue weighted by Crippen LogP contribution is 2.24. The van der Waals surface area contributed by atoms with E-state index in [0.717, 1.165) is 6.42 Å². The predicted octanol–water partition coefficient (Wildman–Crippen LogP) is 2.06. The number of carboxylic acid groups (broad SMARTS) is 1. The standard InChI is InChI=1S/C12H17N3O5/c1-20-10-7-6-9(15(18)19)12(14-10)13-8-4-2-3-5-11(16)17/h6-7H,2-5,8H2,1H3,(H,13,14)(H,16,17). The maximum Gasteiger partial charge on any atom is 0.311 e. The van der Waals surface area contributed by atoms with E-state index in [1.165, 1.54) is 19.2 Å². The Balaban J connectivity index is 2.49. The molecule has 0 atom stereocenters. The van der Waals surface area contributed by atoms with Crippen molar-refractivity contribution >= 4 is 17.5 Å². The van der Waals surface area contributed by atoms with Gasteiger partial charge in [-0.15, -0.1) is 0 Å². The van der Waals surface area contributed by atoms with Gasteiger partial charge in [-0.1, -0.05) is 6.42 Å². The van der Waals surface area contributed by atoms with Crippen LogP contribution in [0.4, 0.5) is 11.5 Å². The van der Waals surface area contributed by atoms with E-state index in [0.29, 0.717) is 25.3 Å². The minimum Gasteiger partial charge on any atom is -0.481 e. The van der Waals surface area contributed by atoms with Gasteiger partial charge in [0.15, 0.2) is 0 Å². The van der Waals surface area contributed by atoms with Gasteiger partial charge in [-0.05, 0) is 12.8 Å². The van der Waals surface area contributed by atoms with Crippen molar-refractivity contribution in [3.05, 3.63) is 22.2 Å². The molecule has 8 nitrogen and oxygen atoms in total. The Labute approximate surface area is 115 Å². The molecule has 1 heterocycles. The average Bonchev–Trinajstić information content (AvgIpc) is 2.41. The molecular formula is C12H17N3O5. The van der Waals surface area contributed by atoms with E-state index in [4.69, 9.17) is 9.84 Å².